The average Bonchev–Trinajstić information content (AvgIpc) is 2.53. The number of carbonyl (C=O) groups excluding carboxylic acids is 1. The van der Waals surface area contributed by atoms with Crippen LogP contribution in [-0.2, 0) is 13.1 Å². The Kier molecular flexibility index (Phi) is 5.36. The van der Waals surface area contributed by atoms with Crippen LogP contribution in [0.2, 0.25) is 0 Å². The summed E-state index contributed by atoms with van der Waals surface area (Å²) in [6.45, 7) is 0.894. The lowest BCUT2D eigenvalue weighted by atomic mass is 10.1. The quantitative estimate of drug-likeness (QED) is 0.873. The third-order valence-corrected chi connectivity index (χ3v) is 3.89. The first-order valence-corrected chi connectivity index (χ1v) is 7.33. The Morgan fingerprint density at radius 3 is 2.62 bits per heavy atom. The topological polar surface area (TPSA) is 64.3 Å². The molecule has 0 fully saturated rings. The highest BCUT2D eigenvalue weighted by Crippen LogP contribution is 2.22. The van der Waals surface area contributed by atoms with Gasteiger partial charge in [-0.05, 0) is 45.3 Å². The monoisotopic (exact) mass is 348 g/mol. The molecule has 3 N–H and O–H groups in total. The van der Waals surface area contributed by atoms with Crippen molar-refractivity contribution in [3.63, 3.8) is 0 Å². The normalized spacial score (nSPS) is 10.2. The molecule has 0 radical (unpaired) electrons. The molecule has 0 saturated heterocycles. The lowest BCUT2D eigenvalue weighted by Crippen LogP contribution is -2.24. The molecule has 110 valence electrons. The van der Waals surface area contributed by atoms with Crippen LogP contribution in [0.1, 0.15) is 21.5 Å². The number of rotatable bonds is 5. The molecule has 0 aliphatic carbocycles. The number of hydrogen-bond acceptors (Lipinski definition) is 3. The van der Waals surface area contributed by atoms with Crippen LogP contribution in [0, 0.1) is 0 Å². The Balaban J connectivity index is 2.11. The molecule has 0 aliphatic rings. The molecule has 2 rings (SSSR count). The van der Waals surface area contributed by atoms with Gasteiger partial charge in [-0.15, -0.1) is 0 Å². The van der Waals surface area contributed by atoms with Crippen molar-refractivity contribution in [3.8, 4) is 5.75 Å². The number of nitrogens with one attached hydrogen (secondary N) is 1. The number of carbonyl (C=O) groups is 1. The van der Waals surface area contributed by atoms with Gasteiger partial charge >= 0.3 is 0 Å². The molecule has 0 unspecified atom stereocenters. The molecule has 0 saturated carbocycles. The Morgan fingerprint density at radius 1 is 1.24 bits per heavy atom. The number of methoxy groups -OCH3 is 1. The summed E-state index contributed by atoms with van der Waals surface area (Å²) in [5.74, 6) is 0.485. The fraction of sp³-hybridized carbons (Fsp3) is 0.188. The molecule has 5 heteroatoms. The summed E-state index contributed by atoms with van der Waals surface area (Å²) >= 11 is 3.38. The molecule has 2 aromatic carbocycles. The van der Waals surface area contributed by atoms with Gasteiger partial charge in [-0.25, -0.2) is 0 Å². The number of ether oxygens (including phenoxy) is 1. The van der Waals surface area contributed by atoms with Crippen molar-refractivity contribution in [1.82, 2.24) is 5.32 Å². The van der Waals surface area contributed by atoms with E-state index in [-0.39, 0.29) is 5.91 Å². The highest BCUT2D eigenvalue weighted by atomic mass is 79.9. The first-order chi connectivity index (χ1) is 10.2. The summed E-state index contributed by atoms with van der Waals surface area (Å²) in [7, 11) is 1.57. The van der Waals surface area contributed by atoms with Gasteiger partial charge in [0.25, 0.3) is 5.91 Å². The van der Waals surface area contributed by atoms with Crippen LogP contribution < -0.4 is 15.8 Å². The molecule has 0 heterocycles. The van der Waals surface area contributed by atoms with Gasteiger partial charge in [-0.1, -0.05) is 24.3 Å². The molecule has 0 spiro atoms. The predicted molar refractivity (Wildman–Crippen MR) is 86.2 cm³/mol. The lowest BCUT2D eigenvalue weighted by Gasteiger charge is -2.11. The van der Waals surface area contributed by atoms with Crippen molar-refractivity contribution in [1.29, 1.82) is 0 Å². The first-order valence-electron chi connectivity index (χ1n) is 6.54. The molecular formula is C16H17BrN2O2. The summed E-state index contributed by atoms with van der Waals surface area (Å²) in [4.78, 5) is 12.3. The number of halogens is 1. The molecule has 21 heavy (non-hydrogen) atoms. The largest absolute Gasteiger partial charge is 0.497 e. The predicted octanol–water partition coefficient (Wildman–Crippen LogP) is 2.85. The molecule has 4 nitrogen and oxygen atoms in total. The van der Waals surface area contributed by atoms with Crippen molar-refractivity contribution in [2.75, 3.05) is 7.11 Å². The van der Waals surface area contributed by atoms with Crippen molar-refractivity contribution in [3.05, 3.63) is 63.6 Å². The number of amides is 1. The summed E-state index contributed by atoms with van der Waals surface area (Å²) in [6.07, 6.45) is 0. The van der Waals surface area contributed by atoms with E-state index in [1.54, 1.807) is 25.3 Å². The summed E-state index contributed by atoms with van der Waals surface area (Å²) in [5.41, 5.74) is 8.29. The van der Waals surface area contributed by atoms with E-state index in [2.05, 4.69) is 21.2 Å². The SMILES string of the molecule is COc1ccc(Br)c(C(=O)NCc2ccccc2CN)c1. The van der Waals surface area contributed by atoms with Gasteiger partial charge in [-0.2, -0.15) is 0 Å². The van der Waals surface area contributed by atoms with E-state index in [4.69, 9.17) is 10.5 Å². The van der Waals surface area contributed by atoms with E-state index in [0.29, 0.717) is 24.4 Å². The van der Waals surface area contributed by atoms with Gasteiger partial charge in [-0.3, -0.25) is 4.79 Å². The molecule has 0 bridgehead atoms. The minimum atomic E-state index is -0.160. The zero-order valence-electron chi connectivity index (χ0n) is 11.7. The Hall–Kier alpha value is -1.85. The zero-order chi connectivity index (χ0) is 15.2. The highest BCUT2D eigenvalue weighted by Gasteiger charge is 2.11. The first kappa shape index (κ1) is 15.5. The second kappa shape index (κ2) is 7.24. The van der Waals surface area contributed by atoms with Crippen LogP contribution in [0.5, 0.6) is 5.75 Å². The lowest BCUT2D eigenvalue weighted by molar-refractivity contribution is 0.0949. The summed E-state index contributed by atoms with van der Waals surface area (Å²) in [6, 6.07) is 13.1. The number of nitrogens with two attached hydrogens (primary N) is 1. The van der Waals surface area contributed by atoms with E-state index < -0.39 is 0 Å². The van der Waals surface area contributed by atoms with Gasteiger partial charge in [0.15, 0.2) is 0 Å². The molecule has 1 amide bonds. The standard InChI is InChI=1S/C16H17BrN2O2/c1-21-13-6-7-15(17)14(8-13)16(20)19-10-12-5-3-2-4-11(12)9-18/h2-8H,9-10,18H2,1H3,(H,19,20). The van der Waals surface area contributed by atoms with Crippen LogP contribution in [0.25, 0.3) is 0 Å². The van der Waals surface area contributed by atoms with E-state index >= 15 is 0 Å². The van der Waals surface area contributed by atoms with Crippen LogP contribution in [0.15, 0.2) is 46.9 Å². The minimum Gasteiger partial charge on any atom is -0.497 e. The zero-order valence-corrected chi connectivity index (χ0v) is 13.3. The molecule has 2 aromatic rings. The molecule has 0 aromatic heterocycles. The van der Waals surface area contributed by atoms with E-state index in [0.717, 1.165) is 15.6 Å². The van der Waals surface area contributed by atoms with Crippen molar-refractivity contribution in [2.24, 2.45) is 5.73 Å². The number of benzene rings is 2. The van der Waals surface area contributed by atoms with Gasteiger partial charge < -0.3 is 15.8 Å². The van der Waals surface area contributed by atoms with Crippen molar-refractivity contribution in [2.45, 2.75) is 13.1 Å². The van der Waals surface area contributed by atoms with Crippen LogP contribution in [-0.4, -0.2) is 13.0 Å². The number of hydrogen-bond donors (Lipinski definition) is 2. The minimum absolute atomic E-state index is 0.160. The second-order valence-corrected chi connectivity index (χ2v) is 5.36. The maximum atomic E-state index is 12.3. The van der Waals surface area contributed by atoms with Crippen LogP contribution in [0.3, 0.4) is 0 Å². The Labute approximate surface area is 132 Å². The molecular weight excluding hydrogens is 332 g/mol. The summed E-state index contributed by atoms with van der Waals surface area (Å²) < 4.78 is 5.87. The average molecular weight is 349 g/mol. The fourth-order valence-electron chi connectivity index (χ4n) is 2.01. The Bertz CT molecular complexity index is 644. The van der Waals surface area contributed by atoms with Crippen molar-refractivity contribution >= 4 is 21.8 Å². The van der Waals surface area contributed by atoms with Gasteiger partial charge in [0.05, 0.1) is 12.7 Å². The maximum Gasteiger partial charge on any atom is 0.252 e. The van der Waals surface area contributed by atoms with E-state index in [1.165, 1.54) is 0 Å². The van der Waals surface area contributed by atoms with Gasteiger partial charge in [0.2, 0.25) is 0 Å². The van der Waals surface area contributed by atoms with Crippen molar-refractivity contribution < 1.29 is 9.53 Å². The smallest absolute Gasteiger partial charge is 0.252 e. The highest BCUT2D eigenvalue weighted by molar-refractivity contribution is 9.10. The third kappa shape index (κ3) is 3.83. The van der Waals surface area contributed by atoms with Crippen LogP contribution in [0.4, 0.5) is 0 Å². The van der Waals surface area contributed by atoms with Gasteiger partial charge in [0, 0.05) is 17.6 Å². The molecule has 0 atom stereocenters. The molecule has 0 aliphatic heterocycles. The summed E-state index contributed by atoms with van der Waals surface area (Å²) in [5, 5.41) is 2.90. The maximum absolute atomic E-state index is 12.3. The Morgan fingerprint density at radius 2 is 1.95 bits per heavy atom. The van der Waals surface area contributed by atoms with E-state index in [9.17, 15) is 4.79 Å². The third-order valence-electron chi connectivity index (χ3n) is 3.20. The second-order valence-electron chi connectivity index (χ2n) is 4.50. The fourth-order valence-corrected chi connectivity index (χ4v) is 2.43. The van der Waals surface area contributed by atoms with E-state index in [1.807, 2.05) is 24.3 Å². The van der Waals surface area contributed by atoms with Crippen LogP contribution >= 0.6 is 15.9 Å². The van der Waals surface area contributed by atoms with Gasteiger partial charge in [0.1, 0.15) is 5.75 Å².